The Kier molecular flexibility index (Phi) is 6.46. The molecule has 4 heteroatoms. The third kappa shape index (κ3) is 4.90. The van der Waals surface area contributed by atoms with Crippen molar-refractivity contribution in [3.8, 4) is 17.2 Å². The zero-order valence-corrected chi connectivity index (χ0v) is 20.5. The summed E-state index contributed by atoms with van der Waals surface area (Å²) in [7, 11) is 1.64. The lowest BCUT2D eigenvalue weighted by atomic mass is 9.79. The number of para-hydroxylation sites is 2. The number of aliphatic imine (C=N–C) groups is 1. The topological polar surface area (TPSA) is 34.1 Å². The molecular formula is C29H34N2O2. The molecule has 0 amide bonds. The first kappa shape index (κ1) is 22.9. The second kappa shape index (κ2) is 9.30. The van der Waals surface area contributed by atoms with Gasteiger partial charge < -0.3 is 14.4 Å². The van der Waals surface area contributed by atoms with E-state index in [0.717, 1.165) is 23.4 Å². The number of ether oxygens (including phenoxy) is 2. The highest BCUT2D eigenvalue weighted by atomic mass is 16.5. The molecule has 1 aliphatic rings. The second-order valence-electron chi connectivity index (χ2n) is 9.70. The second-order valence-corrected chi connectivity index (χ2v) is 9.70. The first-order valence-electron chi connectivity index (χ1n) is 11.7. The van der Waals surface area contributed by atoms with Gasteiger partial charge in [0.2, 0.25) is 0 Å². The highest BCUT2D eigenvalue weighted by Crippen LogP contribution is 2.44. The monoisotopic (exact) mass is 442 g/mol. The fourth-order valence-electron chi connectivity index (χ4n) is 5.11. The molecule has 0 bridgehead atoms. The maximum atomic E-state index is 5.96. The first-order chi connectivity index (χ1) is 15.8. The van der Waals surface area contributed by atoms with Gasteiger partial charge in [0, 0.05) is 23.5 Å². The average Bonchev–Trinajstić information content (AvgIpc) is 2.78. The predicted molar refractivity (Wildman–Crippen MR) is 138 cm³/mol. The van der Waals surface area contributed by atoms with Gasteiger partial charge in [-0.2, -0.15) is 0 Å². The van der Waals surface area contributed by atoms with Crippen molar-refractivity contribution in [2.24, 2.45) is 4.99 Å². The molecule has 3 aromatic rings. The minimum absolute atomic E-state index is 0.157. The number of rotatable bonds is 6. The number of benzene rings is 3. The summed E-state index contributed by atoms with van der Waals surface area (Å²) < 4.78 is 11.3. The van der Waals surface area contributed by atoms with Crippen LogP contribution in [0, 0.1) is 0 Å². The average molecular weight is 443 g/mol. The van der Waals surface area contributed by atoms with Crippen LogP contribution in [-0.2, 0) is 0 Å². The van der Waals surface area contributed by atoms with Crippen LogP contribution in [0.2, 0.25) is 0 Å². The van der Waals surface area contributed by atoms with Crippen LogP contribution in [0.1, 0.15) is 58.1 Å². The van der Waals surface area contributed by atoms with Crippen LogP contribution in [0.25, 0.3) is 0 Å². The van der Waals surface area contributed by atoms with Gasteiger partial charge in [0.1, 0.15) is 5.75 Å². The molecule has 0 spiro atoms. The molecule has 0 aliphatic carbocycles. The maximum absolute atomic E-state index is 5.96. The molecule has 172 valence electrons. The summed E-state index contributed by atoms with van der Waals surface area (Å²) in [6.45, 7) is 11.6. The number of hydrogen-bond acceptors (Lipinski definition) is 4. The normalized spacial score (nSPS) is 17.3. The molecule has 0 saturated carbocycles. The third-order valence-corrected chi connectivity index (χ3v) is 6.31. The van der Waals surface area contributed by atoms with E-state index in [1.807, 2.05) is 54.7 Å². The Balaban J connectivity index is 1.51. The van der Waals surface area contributed by atoms with E-state index in [9.17, 15) is 0 Å². The SMILES string of the molecule is COc1ccccc1Oc1ccc(N=Cc2ccc3c(c2)[C@@H](C)CC(C)(C)N3C(C)C)cc1. The van der Waals surface area contributed by atoms with Crippen molar-refractivity contribution in [3.05, 3.63) is 77.9 Å². The van der Waals surface area contributed by atoms with Crippen molar-refractivity contribution in [1.29, 1.82) is 0 Å². The Morgan fingerprint density at radius 1 is 1.00 bits per heavy atom. The van der Waals surface area contributed by atoms with Gasteiger partial charge in [0.25, 0.3) is 0 Å². The van der Waals surface area contributed by atoms with Crippen molar-refractivity contribution >= 4 is 17.6 Å². The molecule has 4 rings (SSSR count). The maximum Gasteiger partial charge on any atom is 0.169 e. The Labute approximate surface area is 197 Å². The smallest absolute Gasteiger partial charge is 0.169 e. The van der Waals surface area contributed by atoms with Gasteiger partial charge in [-0.05, 0) is 99.7 Å². The van der Waals surface area contributed by atoms with E-state index in [1.54, 1.807) is 7.11 Å². The number of hydrogen-bond donors (Lipinski definition) is 0. The molecule has 1 atom stereocenters. The Morgan fingerprint density at radius 2 is 1.70 bits per heavy atom. The van der Waals surface area contributed by atoms with Crippen LogP contribution in [-0.4, -0.2) is 24.9 Å². The van der Waals surface area contributed by atoms with Gasteiger partial charge in [-0.15, -0.1) is 0 Å². The van der Waals surface area contributed by atoms with E-state index in [4.69, 9.17) is 14.5 Å². The van der Waals surface area contributed by atoms with Gasteiger partial charge in [-0.25, -0.2) is 0 Å². The van der Waals surface area contributed by atoms with Crippen molar-refractivity contribution in [3.63, 3.8) is 0 Å². The van der Waals surface area contributed by atoms with Crippen LogP contribution in [0.5, 0.6) is 17.2 Å². The molecule has 33 heavy (non-hydrogen) atoms. The van der Waals surface area contributed by atoms with Crippen LogP contribution < -0.4 is 14.4 Å². The lowest BCUT2D eigenvalue weighted by Crippen LogP contribution is -2.51. The highest BCUT2D eigenvalue weighted by Gasteiger charge is 2.37. The number of nitrogens with zero attached hydrogens (tertiary/aromatic N) is 2. The first-order valence-corrected chi connectivity index (χ1v) is 11.7. The molecule has 0 saturated heterocycles. The van der Waals surface area contributed by atoms with Crippen molar-refractivity contribution in [2.75, 3.05) is 12.0 Å². The number of methoxy groups -OCH3 is 1. The summed E-state index contributed by atoms with van der Waals surface area (Å²) in [6, 6.07) is 22.6. The zero-order chi connectivity index (χ0) is 23.6. The van der Waals surface area contributed by atoms with Gasteiger partial charge in [-0.3, -0.25) is 4.99 Å². The van der Waals surface area contributed by atoms with Crippen LogP contribution in [0.15, 0.2) is 71.7 Å². The predicted octanol–water partition coefficient (Wildman–Crippen LogP) is 7.74. The minimum atomic E-state index is 0.157. The summed E-state index contributed by atoms with van der Waals surface area (Å²) in [5.41, 5.74) is 4.93. The van der Waals surface area contributed by atoms with E-state index >= 15 is 0 Å². The summed E-state index contributed by atoms with van der Waals surface area (Å²) >= 11 is 0. The van der Waals surface area contributed by atoms with Crippen molar-refractivity contribution in [2.45, 2.75) is 58.5 Å². The Hall–Kier alpha value is -3.27. The van der Waals surface area contributed by atoms with E-state index < -0.39 is 0 Å². The summed E-state index contributed by atoms with van der Waals surface area (Å²) in [4.78, 5) is 7.26. The van der Waals surface area contributed by atoms with E-state index in [-0.39, 0.29) is 5.54 Å². The van der Waals surface area contributed by atoms with E-state index in [0.29, 0.717) is 23.5 Å². The van der Waals surface area contributed by atoms with Crippen LogP contribution in [0.4, 0.5) is 11.4 Å². The van der Waals surface area contributed by atoms with E-state index in [1.165, 1.54) is 11.3 Å². The van der Waals surface area contributed by atoms with Crippen molar-refractivity contribution in [1.82, 2.24) is 0 Å². The molecule has 0 radical (unpaired) electrons. The van der Waals surface area contributed by atoms with E-state index in [2.05, 4.69) is 57.7 Å². The zero-order valence-electron chi connectivity index (χ0n) is 20.5. The molecular weight excluding hydrogens is 408 g/mol. The lowest BCUT2D eigenvalue weighted by molar-refractivity contribution is 0.356. The Bertz CT molecular complexity index is 1130. The summed E-state index contributed by atoms with van der Waals surface area (Å²) in [5.74, 6) is 2.67. The molecule has 0 fully saturated rings. The molecule has 3 aromatic carbocycles. The quantitative estimate of drug-likeness (QED) is 0.366. The van der Waals surface area contributed by atoms with Gasteiger partial charge in [0.15, 0.2) is 11.5 Å². The third-order valence-electron chi connectivity index (χ3n) is 6.31. The fourth-order valence-corrected chi connectivity index (χ4v) is 5.11. The molecule has 0 unspecified atom stereocenters. The molecule has 1 aliphatic heterocycles. The van der Waals surface area contributed by atoms with Gasteiger partial charge in [0.05, 0.1) is 12.8 Å². The van der Waals surface area contributed by atoms with Gasteiger partial charge >= 0.3 is 0 Å². The standard InChI is InChI=1S/C29H34N2O2/c1-20(2)31-26-16-11-22(17-25(26)21(3)18-29(31,4)5)19-30-23-12-14-24(15-13-23)33-28-10-8-7-9-27(28)32-6/h7-17,19-21H,18H2,1-6H3/t21-/m0/s1. The van der Waals surface area contributed by atoms with Crippen LogP contribution >= 0.6 is 0 Å². The molecule has 0 aromatic heterocycles. The van der Waals surface area contributed by atoms with Gasteiger partial charge in [-0.1, -0.05) is 25.1 Å². The summed E-state index contributed by atoms with van der Waals surface area (Å²) in [6.07, 6.45) is 3.09. The van der Waals surface area contributed by atoms with Crippen molar-refractivity contribution < 1.29 is 9.47 Å². The molecule has 1 heterocycles. The molecule has 0 N–H and O–H groups in total. The Morgan fingerprint density at radius 3 is 2.36 bits per heavy atom. The highest BCUT2D eigenvalue weighted by molar-refractivity contribution is 5.84. The fraction of sp³-hybridized carbons (Fsp3) is 0.345. The number of anilines is 1. The van der Waals surface area contributed by atoms with Crippen LogP contribution in [0.3, 0.4) is 0 Å². The largest absolute Gasteiger partial charge is 0.493 e. The minimum Gasteiger partial charge on any atom is -0.493 e. The lowest BCUT2D eigenvalue weighted by Gasteiger charge is -2.50. The summed E-state index contributed by atoms with van der Waals surface area (Å²) in [5, 5.41) is 0. The number of fused-ring (bicyclic) bond motifs is 1. The molecule has 4 nitrogen and oxygen atoms in total.